The number of rotatable bonds is 3. The van der Waals surface area contributed by atoms with Crippen LogP contribution in [0.3, 0.4) is 0 Å². The molecule has 2 aliphatic rings. The van der Waals surface area contributed by atoms with Crippen LogP contribution in [0.15, 0.2) is 36.5 Å². The Morgan fingerprint density at radius 2 is 1.92 bits per heavy atom. The van der Waals surface area contributed by atoms with Gasteiger partial charge in [-0.1, -0.05) is 18.2 Å². The molecule has 24 heavy (non-hydrogen) atoms. The fourth-order valence-corrected chi connectivity index (χ4v) is 3.44. The Balaban J connectivity index is 1.37. The van der Waals surface area contributed by atoms with Gasteiger partial charge in [0, 0.05) is 37.5 Å². The molecule has 0 atom stereocenters. The Hall–Kier alpha value is -2.02. The highest BCUT2D eigenvalue weighted by atomic mass is 16.7. The van der Waals surface area contributed by atoms with Crippen LogP contribution >= 0.6 is 0 Å². The molecule has 2 aromatic rings. The number of carbonyl (C=O) groups excluding carboxylic acids is 1. The number of carbonyl (C=O) groups is 1. The lowest BCUT2D eigenvalue weighted by molar-refractivity contribution is -0.185. The first kappa shape index (κ1) is 15.5. The number of amides is 1. The van der Waals surface area contributed by atoms with E-state index in [2.05, 4.69) is 15.2 Å². The van der Waals surface area contributed by atoms with Gasteiger partial charge in [-0.3, -0.25) is 14.7 Å². The number of hydrogen-bond donors (Lipinski definition) is 1. The maximum absolute atomic E-state index is 12.4. The Morgan fingerprint density at radius 3 is 2.71 bits per heavy atom. The number of hydrogen-bond acceptors (Lipinski definition) is 5. The van der Waals surface area contributed by atoms with E-state index >= 15 is 0 Å². The lowest BCUT2D eigenvalue weighted by Crippen LogP contribution is -2.47. The molecule has 0 bridgehead atoms. The molecule has 3 heterocycles. The molecule has 6 heteroatoms. The predicted octanol–water partition coefficient (Wildman–Crippen LogP) is 2.01. The second-order valence-corrected chi connectivity index (χ2v) is 6.31. The van der Waals surface area contributed by atoms with E-state index in [9.17, 15) is 4.79 Å². The van der Waals surface area contributed by atoms with E-state index < -0.39 is 5.79 Å². The average Bonchev–Trinajstić information content (AvgIpc) is 3.06. The molecule has 0 unspecified atom stereocenters. The molecule has 0 aliphatic carbocycles. The molecule has 2 aliphatic heterocycles. The van der Waals surface area contributed by atoms with E-state index in [1.54, 1.807) is 6.20 Å². The summed E-state index contributed by atoms with van der Waals surface area (Å²) in [6, 6.07) is 9.69. The Morgan fingerprint density at radius 1 is 1.17 bits per heavy atom. The van der Waals surface area contributed by atoms with Gasteiger partial charge < -0.3 is 14.8 Å². The van der Waals surface area contributed by atoms with Gasteiger partial charge in [0.15, 0.2) is 5.79 Å². The zero-order chi connectivity index (χ0) is 16.4. The third kappa shape index (κ3) is 3.13. The first-order valence-electron chi connectivity index (χ1n) is 8.38. The van der Waals surface area contributed by atoms with Gasteiger partial charge in [-0.05, 0) is 12.1 Å². The third-order valence-electron chi connectivity index (χ3n) is 4.71. The summed E-state index contributed by atoms with van der Waals surface area (Å²) in [6.45, 7) is 3.34. The fraction of sp³-hybridized carbons (Fsp3) is 0.444. The number of pyridine rings is 1. The summed E-state index contributed by atoms with van der Waals surface area (Å²) < 4.78 is 11.4. The molecule has 2 fully saturated rings. The van der Waals surface area contributed by atoms with Gasteiger partial charge in [0.1, 0.15) is 0 Å². The van der Waals surface area contributed by atoms with Gasteiger partial charge in [0.05, 0.1) is 31.0 Å². The SMILES string of the molecule is O=C(CN1CCC2(CC1)OCCO2)Nc1cccc2cccnc12. The molecule has 1 N–H and O–H groups in total. The molecule has 1 aromatic heterocycles. The van der Waals surface area contributed by atoms with Crippen molar-refractivity contribution in [2.75, 3.05) is 38.2 Å². The molecular weight excluding hydrogens is 306 g/mol. The molecule has 126 valence electrons. The number of piperidine rings is 1. The maximum atomic E-state index is 12.4. The third-order valence-corrected chi connectivity index (χ3v) is 4.71. The van der Waals surface area contributed by atoms with Crippen LogP contribution in [0.4, 0.5) is 5.69 Å². The number of fused-ring (bicyclic) bond motifs is 1. The Kier molecular flexibility index (Phi) is 4.18. The largest absolute Gasteiger partial charge is 0.347 e. The fourth-order valence-electron chi connectivity index (χ4n) is 3.44. The molecule has 1 spiro atoms. The van der Waals surface area contributed by atoms with E-state index in [1.807, 2.05) is 30.3 Å². The number of nitrogens with one attached hydrogen (secondary N) is 1. The molecule has 0 saturated carbocycles. The minimum atomic E-state index is -0.396. The summed E-state index contributed by atoms with van der Waals surface area (Å²) in [6.07, 6.45) is 3.37. The van der Waals surface area contributed by atoms with Gasteiger partial charge in [-0.15, -0.1) is 0 Å². The monoisotopic (exact) mass is 327 g/mol. The molecule has 1 aromatic carbocycles. The van der Waals surface area contributed by atoms with Crippen LogP contribution in [-0.4, -0.2) is 54.4 Å². The number of likely N-dealkylation sites (tertiary alicyclic amines) is 1. The van der Waals surface area contributed by atoms with Crippen molar-refractivity contribution in [1.29, 1.82) is 0 Å². The van der Waals surface area contributed by atoms with Gasteiger partial charge in [-0.25, -0.2) is 0 Å². The zero-order valence-corrected chi connectivity index (χ0v) is 13.5. The average molecular weight is 327 g/mol. The lowest BCUT2D eigenvalue weighted by atomic mass is 10.0. The van der Waals surface area contributed by atoms with Crippen LogP contribution in [0.2, 0.25) is 0 Å². The molecular formula is C18H21N3O3. The van der Waals surface area contributed by atoms with Crippen molar-refractivity contribution in [2.45, 2.75) is 18.6 Å². The van der Waals surface area contributed by atoms with Gasteiger partial charge in [0.25, 0.3) is 0 Å². The van der Waals surface area contributed by atoms with Crippen LogP contribution in [0.1, 0.15) is 12.8 Å². The van der Waals surface area contributed by atoms with Crippen molar-refractivity contribution in [3.05, 3.63) is 36.5 Å². The van der Waals surface area contributed by atoms with E-state index in [-0.39, 0.29) is 5.91 Å². The van der Waals surface area contributed by atoms with E-state index in [4.69, 9.17) is 9.47 Å². The van der Waals surface area contributed by atoms with E-state index in [0.717, 1.165) is 42.5 Å². The Labute approximate surface area is 140 Å². The summed E-state index contributed by atoms with van der Waals surface area (Å²) in [5.74, 6) is -0.413. The second kappa shape index (κ2) is 6.47. The highest BCUT2D eigenvalue weighted by molar-refractivity contribution is 6.00. The lowest BCUT2D eigenvalue weighted by Gasteiger charge is -2.37. The second-order valence-electron chi connectivity index (χ2n) is 6.31. The van der Waals surface area contributed by atoms with Crippen LogP contribution in [0.25, 0.3) is 10.9 Å². The molecule has 0 radical (unpaired) electrons. The number of benzene rings is 1. The summed E-state index contributed by atoms with van der Waals surface area (Å²) in [5, 5.41) is 4.01. The van der Waals surface area contributed by atoms with Crippen molar-refractivity contribution in [1.82, 2.24) is 9.88 Å². The first-order chi connectivity index (χ1) is 11.7. The molecule has 2 saturated heterocycles. The van der Waals surface area contributed by atoms with E-state index in [0.29, 0.717) is 19.8 Å². The molecule has 6 nitrogen and oxygen atoms in total. The predicted molar refractivity (Wildman–Crippen MR) is 90.7 cm³/mol. The number of anilines is 1. The van der Waals surface area contributed by atoms with Crippen LogP contribution in [-0.2, 0) is 14.3 Å². The maximum Gasteiger partial charge on any atom is 0.238 e. The quantitative estimate of drug-likeness (QED) is 0.934. The standard InChI is InChI=1S/C18H21N3O3/c22-16(13-21-9-6-18(7-10-21)23-11-12-24-18)20-15-5-1-3-14-4-2-8-19-17(14)15/h1-5,8H,6-7,9-13H2,(H,20,22). The smallest absolute Gasteiger partial charge is 0.238 e. The van der Waals surface area contributed by atoms with Crippen molar-refractivity contribution < 1.29 is 14.3 Å². The Bertz CT molecular complexity index is 728. The van der Waals surface area contributed by atoms with Crippen molar-refractivity contribution in [2.24, 2.45) is 0 Å². The van der Waals surface area contributed by atoms with Crippen molar-refractivity contribution >= 4 is 22.5 Å². The van der Waals surface area contributed by atoms with Gasteiger partial charge >= 0.3 is 0 Å². The topological polar surface area (TPSA) is 63.7 Å². The van der Waals surface area contributed by atoms with Gasteiger partial charge in [-0.2, -0.15) is 0 Å². The summed E-state index contributed by atoms with van der Waals surface area (Å²) >= 11 is 0. The molecule has 4 rings (SSSR count). The summed E-state index contributed by atoms with van der Waals surface area (Å²) in [5.41, 5.74) is 1.58. The normalized spacial score (nSPS) is 20.5. The van der Waals surface area contributed by atoms with E-state index in [1.165, 1.54) is 0 Å². The first-order valence-corrected chi connectivity index (χ1v) is 8.38. The number of nitrogens with zero attached hydrogens (tertiary/aromatic N) is 2. The van der Waals surface area contributed by atoms with Gasteiger partial charge in [0.2, 0.25) is 5.91 Å². The van der Waals surface area contributed by atoms with Crippen LogP contribution in [0, 0.1) is 0 Å². The highest BCUT2D eigenvalue weighted by Gasteiger charge is 2.39. The number of para-hydroxylation sites is 1. The van der Waals surface area contributed by atoms with Crippen LogP contribution in [0.5, 0.6) is 0 Å². The highest BCUT2D eigenvalue weighted by Crippen LogP contribution is 2.31. The molecule has 1 amide bonds. The summed E-state index contributed by atoms with van der Waals surface area (Å²) in [7, 11) is 0. The summed E-state index contributed by atoms with van der Waals surface area (Å²) in [4.78, 5) is 18.9. The number of aromatic nitrogens is 1. The minimum Gasteiger partial charge on any atom is -0.347 e. The van der Waals surface area contributed by atoms with Crippen LogP contribution < -0.4 is 5.32 Å². The minimum absolute atomic E-state index is 0.0163. The number of ether oxygens (including phenoxy) is 2. The van der Waals surface area contributed by atoms with Crippen molar-refractivity contribution in [3.63, 3.8) is 0 Å². The van der Waals surface area contributed by atoms with Crippen molar-refractivity contribution in [3.8, 4) is 0 Å². The zero-order valence-electron chi connectivity index (χ0n) is 13.5.